The average Bonchev–Trinajstić information content (AvgIpc) is 3.50. The molecule has 0 aliphatic carbocycles. The molecule has 7 unspecified atom stereocenters. The van der Waals surface area contributed by atoms with Gasteiger partial charge in [0, 0.05) is 6.42 Å². The number of unbranched alkanes of at least 4 members (excludes halogenated alkanes) is 32. The largest absolute Gasteiger partial charge is 0.394 e. The molecule has 0 bridgehead atoms. The third-order valence-corrected chi connectivity index (χ3v) is 15.7. The van der Waals surface area contributed by atoms with Crippen molar-refractivity contribution in [2.75, 3.05) is 13.2 Å². The van der Waals surface area contributed by atoms with Crippen molar-refractivity contribution in [3.05, 3.63) is 97.2 Å². The highest BCUT2D eigenvalue weighted by Crippen LogP contribution is 2.23. The van der Waals surface area contributed by atoms with Gasteiger partial charge in [0.25, 0.3) is 0 Å². The number of aliphatic hydroxyl groups is 5. The molecule has 1 fully saturated rings. The van der Waals surface area contributed by atoms with Crippen LogP contribution in [0.4, 0.5) is 0 Å². The maximum Gasteiger partial charge on any atom is 0.220 e. The summed E-state index contributed by atoms with van der Waals surface area (Å²) in [5, 5.41) is 54.9. The van der Waals surface area contributed by atoms with Crippen molar-refractivity contribution in [1.82, 2.24) is 5.32 Å². The minimum Gasteiger partial charge on any atom is -0.394 e. The van der Waals surface area contributed by atoms with Gasteiger partial charge in [0.1, 0.15) is 24.4 Å². The molecule has 81 heavy (non-hydrogen) atoms. The molecule has 0 saturated carbocycles. The van der Waals surface area contributed by atoms with E-state index in [9.17, 15) is 30.3 Å². The van der Waals surface area contributed by atoms with E-state index in [0.29, 0.717) is 12.8 Å². The Labute approximate surface area is 498 Å². The molecular formula is C72H127NO8. The quantitative estimate of drug-likeness (QED) is 0.0261. The summed E-state index contributed by atoms with van der Waals surface area (Å²) in [4.78, 5) is 13.1. The van der Waals surface area contributed by atoms with Crippen LogP contribution in [0.3, 0.4) is 0 Å². The molecule has 0 spiro atoms. The third-order valence-electron chi connectivity index (χ3n) is 15.7. The van der Waals surface area contributed by atoms with Gasteiger partial charge in [0.05, 0.1) is 25.4 Å². The Morgan fingerprint density at radius 3 is 1.14 bits per heavy atom. The highest BCUT2D eigenvalue weighted by Gasteiger charge is 2.44. The molecule has 9 nitrogen and oxygen atoms in total. The zero-order valence-electron chi connectivity index (χ0n) is 52.3. The summed E-state index contributed by atoms with van der Waals surface area (Å²) < 4.78 is 11.4. The predicted molar refractivity (Wildman–Crippen MR) is 345 cm³/mol. The van der Waals surface area contributed by atoms with Crippen LogP contribution in [0.1, 0.15) is 296 Å². The molecule has 1 saturated heterocycles. The zero-order chi connectivity index (χ0) is 58.6. The number of ether oxygens (including phenoxy) is 2. The number of rotatable bonds is 58. The van der Waals surface area contributed by atoms with Gasteiger partial charge in [-0.3, -0.25) is 4.79 Å². The molecule has 0 radical (unpaired) electrons. The van der Waals surface area contributed by atoms with Gasteiger partial charge < -0.3 is 40.3 Å². The van der Waals surface area contributed by atoms with Crippen molar-refractivity contribution in [3.8, 4) is 0 Å². The number of hydrogen-bond donors (Lipinski definition) is 6. The minimum absolute atomic E-state index is 0.145. The number of allylic oxidation sites excluding steroid dienone is 16. The van der Waals surface area contributed by atoms with Gasteiger partial charge in [-0.1, -0.05) is 310 Å². The Kier molecular flexibility index (Phi) is 56.6. The van der Waals surface area contributed by atoms with E-state index in [-0.39, 0.29) is 12.5 Å². The van der Waals surface area contributed by atoms with Crippen molar-refractivity contribution < 1.29 is 39.8 Å². The van der Waals surface area contributed by atoms with Gasteiger partial charge in [-0.25, -0.2) is 0 Å². The Hall–Kier alpha value is -2.89. The molecule has 6 N–H and O–H groups in total. The summed E-state index contributed by atoms with van der Waals surface area (Å²) in [6, 6.07) is -0.732. The Morgan fingerprint density at radius 1 is 0.432 bits per heavy atom. The highest BCUT2D eigenvalue weighted by molar-refractivity contribution is 5.76. The molecule has 1 amide bonds. The van der Waals surface area contributed by atoms with Crippen molar-refractivity contribution in [2.24, 2.45) is 0 Å². The van der Waals surface area contributed by atoms with Gasteiger partial charge in [-0.2, -0.15) is 0 Å². The fourth-order valence-electron chi connectivity index (χ4n) is 10.4. The van der Waals surface area contributed by atoms with E-state index in [1.165, 1.54) is 167 Å². The first kappa shape index (κ1) is 76.1. The lowest BCUT2D eigenvalue weighted by Gasteiger charge is -2.40. The Balaban J connectivity index is 2.17. The first-order chi connectivity index (χ1) is 39.8. The monoisotopic (exact) mass is 1130 g/mol. The number of carbonyl (C=O) groups excluding carboxylic acids is 1. The summed E-state index contributed by atoms with van der Waals surface area (Å²) in [7, 11) is 0. The number of hydrogen-bond acceptors (Lipinski definition) is 8. The van der Waals surface area contributed by atoms with Crippen LogP contribution in [0.15, 0.2) is 97.2 Å². The average molecular weight is 1130 g/mol. The third kappa shape index (κ3) is 49.1. The van der Waals surface area contributed by atoms with E-state index in [4.69, 9.17) is 9.47 Å². The fourth-order valence-corrected chi connectivity index (χ4v) is 10.4. The summed E-state index contributed by atoms with van der Waals surface area (Å²) in [6.07, 6.45) is 80.2. The van der Waals surface area contributed by atoms with Crippen LogP contribution >= 0.6 is 0 Å². The standard InChI is InChI=1S/C72H127NO8/c1-3-5-7-9-11-13-15-17-19-21-23-25-27-29-30-31-32-33-34-35-36-38-40-42-44-46-48-50-52-54-56-58-60-62-68(76)73-65(64-80-72-71(79)70(78)69(77)67(63-74)81-72)66(75)61-59-57-55-53-51-49-47-45-43-41-39-37-28-26-24-22-20-18-16-14-12-10-8-6-4-2/h5,7,11,13,17,19,23,25,29-30,32-33,35-36,40,42,65-67,69-72,74-75,77-79H,3-4,6,8-10,12,14-16,18,20-22,24,26-28,31,34,37-39,41,43-64H2,1-2H3,(H,73,76)/b7-5-,13-11-,19-17-,25-23-,30-29-,33-32-,36-35-,42-40-. The summed E-state index contributed by atoms with van der Waals surface area (Å²) in [5.74, 6) is -0.153. The van der Waals surface area contributed by atoms with E-state index in [1.54, 1.807) is 0 Å². The molecule has 468 valence electrons. The van der Waals surface area contributed by atoms with E-state index in [1.807, 2.05) is 0 Å². The SMILES string of the molecule is CC/C=C\C/C=C\C/C=C\C/C=C\C/C=C\C/C=C\C/C=C\C/C=C\CCCCCCCCCCC(=O)NC(COC1OC(CO)C(O)C(O)C1O)C(O)CCCCCCCCCCCCCCCCCCCCCCCCCCC. The maximum atomic E-state index is 13.1. The number of carbonyl (C=O) groups is 1. The molecule has 9 heteroatoms. The smallest absolute Gasteiger partial charge is 0.220 e. The molecule has 0 aromatic carbocycles. The lowest BCUT2D eigenvalue weighted by molar-refractivity contribution is -0.302. The second-order valence-corrected chi connectivity index (χ2v) is 23.2. The molecule has 0 aromatic rings. The van der Waals surface area contributed by atoms with Crippen molar-refractivity contribution in [3.63, 3.8) is 0 Å². The molecule has 1 aliphatic heterocycles. The van der Waals surface area contributed by atoms with Crippen molar-refractivity contribution in [2.45, 2.75) is 339 Å². The highest BCUT2D eigenvalue weighted by atomic mass is 16.7. The first-order valence-corrected chi connectivity index (χ1v) is 33.9. The second-order valence-electron chi connectivity index (χ2n) is 23.2. The number of aliphatic hydroxyl groups excluding tert-OH is 5. The van der Waals surface area contributed by atoms with E-state index >= 15 is 0 Å². The summed E-state index contributed by atoms with van der Waals surface area (Å²) in [6.45, 7) is 3.75. The summed E-state index contributed by atoms with van der Waals surface area (Å²) >= 11 is 0. The Morgan fingerprint density at radius 2 is 0.765 bits per heavy atom. The van der Waals surface area contributed by atoms with E-state index in [0.717, 1.165) is 103 Å². The van der Waals surface area contributed by atoms with Gasteiger partial charge in [0.2, 0.25) is 5.91 Å². The molecule has 0 aromatic heterocycles. The molecule has 1 heterocycles. The van der Waals surface area contributed by atoms with Crippen LogP contribution in [0.2, 0.25) is 0 Å². The van der Waals surface area contributed by atoms with Crippen LogP contribution < -0.4 is 5.32 Å². The number of nitrogens with one attached hydrogen (secondary N) is 1. The molecular weight excluding hydrogens is 1010 g/mol. The van der Waals surface area contributed by atoms with Gasteiger partial charge in [-0.15, -0.1) is 0 Å². The topological polar surface area (TPSA) is 149 Å². The first-order valence-electron chi connectivity index (χ1n) is 33.9. The normalized spacial score (nSPS) is 19.0. The van der Waals surface area contributed by atoms with Crippen molar-refractivity contribution in [1.29, 1.82) is 0 Å². The lowest BCUT2D eigenvalue weighted by atomic mass is 9.99. The summed E-state index contributed by atoms with van der Waals surface area (Å²) in [5.41, 5.74) is 0. The van der Waals surface area contributed by atoms with Gasteiger partial charge in [0.15, 0.2) is 6.29 Å². The minimum atomic E-state index is -1.56. The van der Waals surface area contributed by atoms with Gasteiger partial charge >= 0.3 is 0 Å². The van der Waals surface area contributed by atoms with Gasteiger partial charge in [-0.05, 0) is 77.0 Å². The van der Waals surface area contributed by atoms with Crippen LogP contribution in [0.25, 0.3) is 0 Å². The fraction of sp³-hybridized carbons (Fsp3) is 0.764. The maximum absolute atomic E-state index is 13.1. The number of amides is 1. The predicted octanol–water partition coefficient (Wildman–Crippen LogP) is 18.3. The van der Waals surface area contributed by atoms with Crippen LogP contribution in [-0.4, -0.2) is 87.5 Å². The van der Waals surface area contributed by atoms with E-state index < -0.39 is 49.5 Å². The van der Waals surface area contributed by atoms with E-state index in [2.05, 4.69) is 116 Å². The second kappa shape index (κ2) is 60.2. The molecule has 1 rings (SSSR count). The van der Waals surface area contributed by atoms with Crippen LogP contribution in [0, 0.1) is 0 Å². The van der Waals surface area contributed by atoms with Crippen LogP contribution in [0.5, 0.6) is 0 Å². The molecule has 1 aliphatic rings. The molecule has 7 atom stereocenters. The lowest BCUT2D eigenvalue weighted by Crippen LogP contribution is -2.60. The zero-order valence-corrected chi connectivity index (χ0v) is 52.3. The van der Waals surface area contributed by atoms with Crippen molar-refractivity contribution >= 4 is 5.91 Å². The van der Waals surface area contributed by atoms with Crippen LogP contribution in [-0.2, 0) is 14.3 Å². The Bertz CT molecular complexity index is 1600.